The Bertz CT molecular complexity index is 898. The smallest absolute Gasteiger partial charge is 0.334 e. The first-order valence-corrected chi connectivity index (χ1v) is 14.0. The molecule has 0 bridgehead atoms. The molecular weight excluding hydrogens is 436 g/mol. The van der Waals surface area contributed by atoms with Crippen LogP contribution in [0.15, 0.2) is 47.6 Å². The fourth-order valence-corrected chi connectivity index (χ4v) is 7.88. The van der Waals surface area contributed by atoms with Crippen LogP contribution < -0.4 is 0 Å². The van der Waals surface area contributed by atoms with E-state index in [0.717, 1.165) is 43.3 Å². The first kappa shape index (κ1) is 26.4. The van der Waals surface area contributed by atoms with E-state index in [4.69, 9.17) is 4.74 Å². The summed E-state index contributed by atoms with van der Waals surface area (Å²) in [6.45, 7) is 15.2. The van der Waals surface area contributed by atoms with Crippen LogP contribution in [0, 0.1) is 29.1 Å². The average molecular weight is 483 g/mol. The van der Waals surface area contributed by atoms with E-state index in [9.17, 15) is 15.0 Å². The van der Waals surface area contributed by atoms with Crippen molar-refractivity contribution in [2.75, 3.05) is 0 Å². The zero-order valence-corrected chi connectivity index (χ0v) is 22.1. The number of aliphatic hydroxyl groups is 2. The lowest BCUT2D eigenvalue weighted by molar-refractivity contribution is -0.140. The molecule has 8 atom stereocenters. The van der Waals surface area contributed by atoms with Crippen LogP contribution in [0.25, 0.3) is 0 Å². The number of esters is 1. The molecule has 3 aliphatic carbocycles. The first-order valence-electron chi connectivity index (χ1n) is 14.0. The van der Waals surface area contributed by atoms with Crippen molar-refractivity contribution < 1.29 is 19.7 Å². The second kappa shape index (κ2) is 10.8. The first-order chi connectivity index (χ1) is 16.7. The number of cyclic esters (lactones) is 1. The molecule has 0 radical (unpaired) electrons. The van der Waals surface area contributed by atoms with Crippen LogP contribution >= 0.6 is 0 Å². The van der Waals surface area contributed by atoms with Crippen LogP contribution in [-0.4, -0.2) is 34.5 Å². The van der Waals surface area contributed by atoms with Crippen LogP contribution in [-0.2, 0) is 9.53 Å². The van der Waals surface area contributed by atoms with Crippen molar-refractivity contribution in [2.45, 2.75) is 110 Å². The number of hydrogen-bond acceptors (Lipinski definition) is 4. The van der Waals surface area contributed by atoms with E-state index in [0.29, 0.717) is 36.2 Å². The SMILES string of the molecule is C=C1C(=O)OC(C[C@@H](C)[C@H]2CC[C@H]3/C(=C/C=C4/C[C@@H](O)C[C@H](O)C4=C)CCC[C@]23C)C1CCCC. The van der Waals surface area contributed by atoms with Gasteiger partial charge < -0.3 is 14.9 Å². The number of carbonyl (C=O) groups excluding carboxylic acids is 1. The van der Waals surface area contributed by atoms with Gasteiger partial charge in [0.1, 0.15) is 6.10 Å². The van der Waals surface area contributed by atoms with Gasteiger partial charge in [-0.1, -0.05) is 64.5 Å². The van der Waals surface area contributed by atoms with Crippen molar-refractivity contribution in [3.63, 3.8) is 0 Å². The lowest BCUT2D eigenvalue weighted by Crippen LogP contribution is -2.37. The monoisotopic (exact) mass is 482 g/mol. The third-order valence-electron chi connectivity index (χ3n) is 9.88. The third kappa shape index (κ3) is 5.25. The molecule has 4 aliphatic rings. The van der Waals surface area contributed by atoms with Gasteiger partial charge in [-0.3, -0.25) is 0 Å². The van der Waals surface area contributed by atoms with Crippen molar-refractivity contribution >= 4 is 5.97 Å². The van der Waals surface area contributed by atoms with E-state index in [1.807, 2.05) is 0 Å². The summed E-state index contributed by atoms with van der Waals surface area (Å²) in [6, 6.07) is 0. The summed E-state index contributed by atoms with van der Waals surface area (Å²) < 4.78 is 5.83. The van der Waals surface area contributed by atoms with Crippen molar-refractivity contribution in [3.05, 3.63) is 47.6 Å². The molecule has 4 nitrogen and oxygen atoms in total. The average Bonchev–Trinajstić information content (AvgIpc) is 3.30. The van der Waals surface area contributed by atoms with E-state index in [-0.39, 0.29) is 23.4 Å². The molecule has 4 heteroatoms. The largest absolute Gasteiger partial charge is 0.458 e. The molecule has 0 aromatic carbocycles. The fourth-order valence-electron chi connectivity index (χ4n) is 7.88. The van der Waals surface area contributed by atoms with Gasteiger partial charge in [-0.25, -0.2) is 4.79 Å². The summed E-state index contributed by atoms with van der Waals surface area (Å²) in [5.41, 5.74) is 4.21. The van der Waals surface area contributed by atoms with Crippen molar-refractivity contribution in [1.82, 2.24) is 0 Å². The minimum Gasteiger partial charge on any atom is -0.458 e. The number of ether oxygens (including phenoxy) is 1. The zero-order chi connectivity index (χ0) is 25.3. The van der Waals surface area contributed by atoms with Crippen LogP contribution in [0.4, 0.5) is 0 Å². The van der Waals surface area contributed by atoms with Crippen molar-refractivity contribution in [3.8, 4) is 0 Å². The Balaban J connectivity index is 1.47. The Labute approximate surface area is 212 Å². The van der Waals surface area contributed by atoms with Gasteiger partial charge in [-0.15, -0.1) is 0 Å². The predicted molar refractivity (Wildman–Crippen MR) is 141 cm³/mol. The highest BCUT2D eigenvalue weighted by Crippen LogP contribution is 2.60. The molecule has 4 rings (SSSR count). The molecular formula is C31H46O4. The van der Waals surface area contributed by atoms with Gasteiger partial charge in [-0.05, 0) is 85.7 Å². The lowest BCUT2D eigenvalue weighted by Gasteiger charge is -2.44. The molecule has 4 fully saturated rings. The van der Waals surface area contributed by atoms with Crippen LogP contribution in [0.5, 0.6) is 0 Å². The highest BCUT2D eigenvalue weighted by atomic mass is 16.6. The Kier molecular flexibility index (Phi) is 8.12. The minimum atomic E-state index is -0.640. The minimum absolute atomic E-state index is 0.0160. The summed E-state index contributed by atoms with van der Waals surface area (Å²) in [5, 5.41) is 20.3. The Morgan fingerprint density at radius 1 is 1.20 bits per heavy atom. The van der Waals surface area contributed by atoms with Gasteiger partial charge in [0.2, 0.25) is 0 Å². The van der Waals surface area contributed by atoms with E-state index < -0.39 is 12.2 Å². The maximum atomic E-state index is 12.3. The maximum Gasteiger partial charge on any atom is 0.334 e. The van der Waals surface area contributed by atoms with E-state index in [1.165, 1.54) is 31.3 Å². The molecule has 0 aromatic rings. The van der Waals surface area contributed by atoms with Gasteiger partial charge in [0.15, 0.2) is 0 Å². The van der Waals surface area contributed by atoms with E-state index in [2.05, 4.69) is 46.1 Å². The number of rotatable bonds is 7. The van der Waals surface area contributed by atoms with Gasteiger partial charge in [-0.2, -0.15) is 0 Å². The van der Waals surface area contributed by atoms with Crippen LogP contribution in [0.3, 0.4) is 0 Å². The molecule has 1 saturated heterocycles. The molecule has 1 aliphatic heterocycles. The van der Waals surface area contributed by atoms with Gasteiger partial charge in [0.05, 0.1) is 12.2 Å². The van der Waals surface area contributed by atoms with Crippen LogP contribution in [0.1, 0.15) is 91.4 Å². The topological polar surface area (TPSA) is 66.8 Å². The molecule has 0 aromatic heterocycles. The summed E-state index contributed by atoms with van der Waals surface area (Å²) >= 11 is 0. The fraction of sp³-hybridized carbons (Fsp3) is 0.710. The Morgan fingerprint density at radius 3 is 2.71 bits per heavy atom. The van der Waals surface area contributed by atoms with Crippen LogP contribution in [0.2, 0.25) is 0 Å². The molecule has 35 heavy (non-hydrogen) atoms. The second-order valence-electron chi connectivity index (χ2n) is 12.1. The quantitative estimate of drug-likeness (QED) is 0.324. The number of carbonyl (C=O) groups is 1. The molecule has 0 spiro atoms. The second-order valence-corrected chi connectivity index (χ2v) is 12.1. The van der Waals surface area contributed by atoms with E-state index >= 15 is 0 Å². The number of fused-ring (bicyclic) bond motifs is 1. The summed E-state index contributed by atoms with van der Waals surface area (Å²) in [6.07, 6.45) is 14.4. The highest BCUT2D eigenvalue weighted by Gasteiger charge is 2.51. The Morgan fingerprint density at radius 2 is 1.97 bits per heavy atom. The van der Waals surface area contributed by atoms with Gasteiger partial charge in [0, 0.05) is 17.9 Å². The number of allylic oxidation sites excluding steroid dienone is 3. The number of hydrogen-bond donors (Lipinski definition) is 2. The normalized spacial score (nSPS) is 40.9. The lowest BCUT2D eigenvalue weighted by atomic mass is 9.60. The number of unbranched alkanes of at least 4 members (excludes halogenated alkanes) is 1. The van der Waals surface area contributed by atoms with Crippen molar-refractivity contribution in [1.29, 1.82) is 0 Å². The zero-order valence-electron chi connectivity index (χ0n) is 22.1. The molecule has 194 valence electrons. The van der Waals surface area contributed by atoms with E-state index in [1.54, 1.807) is 0 Å². The maximum absolute atomic E-state index is 12.3. The molecule has 0 amide bonds. The predicted octanol–water partition coefficient (Wildman–Crippen LogP) is 6.44. The molecule has 3 saturated carbocycles. The third-order valence-corrected chi connectivity index (χ3v) is 9.88. The summed E-state index contributed by atoms with van der Waals surface area (Å²) in [4.78, 5) is 12.3. The molecule has 1 heterocycles. The van der Waals surface area contributed by atoms with Gasteiger partial charge >= 0.3 is 5.97 Å². The van der Waals surface area contributed by atoms with Crippen molar-refractivity contribution in [2.24, 2.45) is 29.1 Å². The Hall–Kier alpha value is -1.65. The standard InChI is InChI=1S/C31H46O4/c1-6-7-10-25-21(4)30(34)35-29(25)16-19(2)26-13-14-27-22(9-8-15-31(26,27)5)11-12-23-17-24(32)18-28(33)20(23)3/h11-12,19,24-29,32-33H,3-4,6-10,13-18H2,1-2,5H3/b22-11+,23-12-/t19-,24-,25?,26-,27+,28+,29?,31-/m1/s1. The highest BCUT2D eigenvalue weighted by molar-refractivity contribution is 5.90. The van der Waals surface area contributed by atoms with Gasteiger partial charge in [0.25, 0.3) is 0 Å². The number of aliphatic hydroxyl groups excluding tert-OH is 2. The summed E-state index contributed by atoms with van der Waals surface area (Å²) in [5.74, 6) is 1.69. The molecule has 2 unspecified atom stereocenters. The summed E-state index contributed by atoms with van der Waals surface area (Å²) in [7, 11) is 0. The molecule has 2 N–H and O–H groups in total.